The summed E-state index contributed by atoms with van der Waals surface area (Å²) in [5.74, 6) is -0.0934. The molecule has 0 aliphatic carbocycles. The van der Waals surface area contributed by atoms with Gasteiger partial charge in [-0.1, -0.05) is 42.5 Å². The van der Waals surface area contributed by atoms with E-state index in [2.05, 4.69) is 10.3 Å². The summed E-state index contributed by atoms with van der Waals surface area (Å²) in [6, 6.07) is 19.0. The summed E-state index contributed by atoms with van der Waals surface area (Å²) in [5, 5.41) is 2.65. The lowest BCUT2D eigenvalue weighted by Gasteiger charge is -2.10. The molecule has 0 bridgehead atoms. The number of pyridine rings is 1. The topological polar surface area (TPSA) is 85.4 Å². The van der Waals surface area contributed by atoms with E-state index in [0.717, 1.165) is 11.8 Å². The number of benzene rings is 2. The number of nitrogens with one attached hydrogen (secondary N) is 1. The van der Waals surface area contributed by atoms with Gasteiger partial charge in [-0.15, -0.1) is 0 Å². The van der Waals surface area contributed by atoms with Crippen LogP contribution in [-0.2, 0) is 16.4 Å². The van der Waals surface area contributed by atoms with Crippen LogP contribution < -0.4 is 10.1 Å². The second-order valence-electron chi connectivity index (χ2n) is 5.88. The van der Waals surface area contributed by atoms with Crippen molar-refractivity contribution < 1.29 is 17.9 Å². The van der Waals surface area contributed by atoms with Gasteiger partial charge in [-0.3, -0.25) is 4.79 Å². The predicted octanol–water partition coefficient (Wildman–Crippen LogP) is 3.32. The zero-order chi connectivity index (χ0) is 19.3. The van der Waals surface area contributed by atoms with Crippen molar-refractivity contribution in [2.45, 2.75) is 11.5 Å². The van der Waals surface area contributed by atoms with Gasteiger partial charge >= 0.3 is 0 Å². The highest BCUT2D eigenvalue weighted by Crippen LogP contribution is 2.18. The van der Waals surface area contributed by atoms with Gasteiger partial charge in [-0.25, -0.2) is 13.4 Å². The normalized spacial score (nSPS) is 11.0. The van der Waals surface area contributed by atoms with Crippen molar-refractivity contribution in [3.63, 3.8) is 0 Å². The Bertz CT molecular complexity index is 1030. The van der Waals surface area contributed by atoms with E-state index in [1.54, 1.807) is 24.3 Å². The SMILES string of the molecule is CS(=O)(=O)c1ccccc1C(=O)Nc1ccc(OCc2ccccc2)nc1. The number of carbonyl (C=O) groups excluding carboxylic acids is 1. The second kappa shape index (κ2) is 8.01. The number of sulfone groups is 1. The molecule has 6 nitrogen and oxygen atoms in total. The van der Waals surface area contributed by atoms with E-state index in [0.29, 0.717) is 18.2 Å². The highest BCUT2D eigenvalue weighted by molar-refractivity contribution is 7.90. The molecule has 0 atom stereocenters. The molecule has 138 valence electrons. The van der Waals surface area contributed by atoms with E-state index in [4.69, 9.17) is 4.74 Å². The van der Waals surface area contributed by atoms with Crippen LogP contribution in [0.3, 0.4) is 0 Å². The van der Waals surface area contributed by atoms with E-state index >= 15 is 0 Å². The van der Waals surface area contributed by atoms with Crippen LogP contribution in [0, 0.1) is 0 Å². The maximum absolute atomic E-state index is 12.4. The average Bonchev–Trinajstić information content (AvgIpc) is 2.67. The van der Waals surface area contributed by atoms with E-state index in [-0.39, 0.29) is 10.5 Å². The Morgan fingerprint density at radius 3 is 2.37 bits per heavy atom. The lowest BCUT2D eigenvalue weighted by molar-refractivity contribution is 0.102. The third-order valence-corrected chi connectivity index (χ3v) is 4.91. The van der Waals surface area contributed by atoms with Crippen LogP contribution in [0.1, 0.15) is 15.9 Å². The lowest BCUT2D eigenvalue weighted by atomic mass is 10.2. The molecular formula is C20H18N2O4S. The number of nitrogens with zero attached hydrogens (tertiary/aromatic N) is 1. The smallest absolute Gasteiger partial charge is 0.257 e. The fourth-order valence-electron chi connectivity index (χ4n) is 2.45. The van der Waals surface area contributed by atoms with Crippen molar-refractivity contribution in [3.05, 3.63) is 84.1 Å². The summed E-state index contributed by atoms with van der Waals surface area (Å²) in [5.41, 5.74) is 1.55. The van der Waals surface area contributed by atoms with E-state index in [1.807, 2.05) is 30.3 Å². The molecule has 1 N–H and O–H groups in total. The highest BCUT2D eigenvalue weighted by atomic mass is 32.2. The lowest BCUT2D eigenvalue weighted by Crippen LogP contribution is -2.16. The molecule has 0 radical (unpaired) electrons. The van der Waals surface area contributed by atoms with Crippen molar-refractivity contribution >= 4 is 21.4 Å². The molecule has 0 saturated heterocycles. The van der Waals surface area contributed by atoms with Crippen LogP contribution in [0.2, 0.25) is 0 Å². The van der Waals surface area contributed by atoms with Crippen molar-refractivity contribution in [2.24, 2.45) is 0 Å². The average molecular weight is 382 g/mol. The summed E-state index contributed by atoms with van der Waals surface area (Å²) >= 11 is 0. The Balaban J connectivity index is 1.67. The van der Waals surface area contributed by atoms with Gasteiger partial charge in [0.15, 0.2) is 9.84 Å². The van der Waals surface area contributed by atoms with Gasteiger partial charge in [-0.05, 0) is 23.8 Å². The number of hydrogen-bond donors (Lipinski definition) is 1. The molecule has 1 aromatic heterocycles. The van der Waals surface area contributed by atoms with Crippen LogP contribution >= 0.6 is 0 Å². The molecule has 3 rings (SSSR count). The number of carbonyl (C=O) groups is 1. The summed E-state index contributed by atoms with van der Waals surface area (Å²) in [6.07, 6.45) is 2.53. The monoisotopic (exact) mass is 382 g/mol. The molecule has 27 heavy (non-hydrogen) atoms. The fraction of sp³-hybridized carbons (Fsp3) is 0.100. The Morgan fingerprint density at radius 1 is 1.00 bits per heavy atom. The number of ether oxygens (including phenoxy) is 1. The fourth-order valence-corrected chi connectivity index (χ4v) is 3.33. The minimum Gasteiger partial charge on any atom is -0.473 e. The number of amides is 1. The quantitative estimate of drug-likeness (QED) is 0.707. The molecule has 3 aromatic rings. The second-order valence-corrected chi connectivity index (χ2v) is 7.87. The number of hydrogen-bond acceptors (Lipinski definition) is 5. The van der Waals surface area contributed by atoms with Gasteiger partial charge in [0.1, 0.15) is 6.61 Å². The Labute approximate surface area is 157 Å². The van der Waals surface area contributed by atoms with Gasteiger partial charge in [0.2, 0.25) is 5.88 Å². The zero-order valence-electron chi connectivity index (χ0n) is 14.6. The van der Waals surface area contributed by atoms with Gasteiger partial charge in [-0.2, -0.15) is 0 Å². The Morgan fingerprint density at radius 2 is 1.70 bits per heavy atom. The largest absolute Gasteiger partial charge is 0.473 e. The molecule has 0 unspecified atom stereocenters. The minimum absolute atomic E-state index is 0.0155. The van der Waals surface area contributed by atoms with Crippen LogP contribution in [0.4, 0.5) is 5.69 Å². The molecule has 0 fully saturated rings. The Hall–Kier alpha value is -3.19. The van der Waals surface area contributed by atoms with Crippen LogP contribution in [0.15, 0.2) is 77.8 Å². The van der Waals surface area contributed by atoms with Gasteiger partial charge in [0, 0.05) is 12.3 Å². The molecular weight excluding hydrogens is 364 g/mol. The molecule has 0 spiro atoms. The predicted molar refractivity (Wildman–Crippen MR) is 103 cm³/mol. The first-order valence-corrected chi connectivity index (χ1v) is 10.1. The molecule has 7 heteroatoms. The summed E-state index contributed by atoms with van der Waals surface area (Å²) < 4.78 is 29.3. The maximum Gasteiger partial charge on any atom is 0.257 e. The summed E-state index contributed by atoms with van der Waals surface area (Å²) in [6.45, 7) is 0.390. The number of anilines is 1. The van der Waals surface area contributed by atoms with Crippen molar-refractivity contribution in [1.29, 1.82) is 0 Å². The maximum atomic E-state index is 12.4. The summed E-state index contributed by atoms with van der Waals surface area (Å²) in [7, 11) is -3.51. The van der Waals surface area contributed by atoms with E-state index in [1.165, 1.54) is 18.3 Å². The van der Waals surface area contributed by atoms with Crippen LogP contribution in [-0.4, -0.2) is 25.6 Å². The third kappa shape index (κ3) is 4.92. The third-order valence-electron chi connectivity index (χ3n) is 3.75. The first kappa shape index (κ1) is 18.6. The first-order valence-electron chi connectivity index (χ1n) is 8.17. The molecule has 0 aliphatic heterocycles. The summed E-state index contributed by atoms with van der Waals surface area (Å²) in [4.78, 5) is 16.6. The van der Waals surface area contributed by atoms with Crippen molar-refractivity contribution in [3.8, 4) is 5.88 Å². The highest BCUT2D eigenvalue weighted by Gasteiger charge is 2.18. The van der Waals surface area contributed by atoms with E-state index < -0.39 is 15.7 Å². The molecule has 0 saturated carbocycles. The van der Waals surface area contributed by atoms with Gasteiger partial charge in [0.05, 0.1) is 22.3 Å². The molecule has 1 amide bonds. The molecule has 0 aliphatic rings. The van der Waals surface area contributed by atoms with Crippen molar-refractivity contribution in [2.75, 3.05) is 11.6 Å². The standard InChI is InChI=1S/C20H18N2O4S/c1-27(24,25)18-10-6-5-9-17(18)20(23)22-16-11-12-19(21-13-16)26-14-15-7-3-2-4-8-15/h2-13H,14H2,1H3,(H,22,23). The van der Waals surface area contributed by atoms with Crippen molar-refractivity contribution in [1.82, 2.24) is 4.98 Å². The number of rotatable bonds is 6. The molecule has 2 aromatic carbocycles. The Kier molecular flexibility index (Phi) is 5.52. The van der Waals surface area contributed by atoms with Gasteiger partial charge in [0.25, 0.3) is 5.91 Å². The number of aromatic nitrogens is 1. The van der Waals surface area contributed by atoms with Gasteiger partial charge < -0.3 is 10.1 Å². The molecule has 1 heterocycles. The van der Waals surface area contributed by atoms with E-state index in [9.17, 15) is 13.2 Å². The van der Waals surface area contributed by atoms with Crippen LogP contribution in [0.5, 0.6) is 5.88 Å². The zero-order valence-corrected chi connectivity index (χ0v) is 15.4. The minimum atomic E-state index is -3.51. The first-order chi connectivity index (χ1) is 12.9. The van der Waals surface area contributed by atoms with Crippen LogP contribution in [0.25, 0.3) is 0 Å².